The van der Waals surface area contributed by atoms with Gasteiger partial charge in [0.25, 0.3) is 0 Å². The zero-order chi connectivity index (χ0) is 12.1. The summed E-state index contributed by atoms with van der Waals surface area (Å²) < 4.78 is 15.3. The van der Waals surface area contributed by atoms with E-state index in [4.69, 9.17) is 14.2 Å². The first kappa shape index (κ1) is 11.7. The normalized spacial score (nSPS) is 21.7. The van der Waals surface area contributed by atoms with Crippen molar-refractivity contribution in [3.05, 3.63) is 30.3 Å². The molecule has 1 saturated heterocycles. The third kappa shape index (κ3) is 3.96. The minimum Gasteiger partial charge on any atom is -0.473 e. The molecule has 1 fully saturated rings. The number of para-hydroxylation sites is 1. The van der Waals surface area contributed by atoms with Gasteiger partial charge in [0.2, 0.25) is 0 Å². The number of carbonyl (C=O) groups is 1. The van der Waals surface area contributed by atoms with E-state index in [9.17, 15) is 4.79 Å². The van der Waals surface area contributed by atoms with Crippen LogP contribution in [0.2, 0.25) is 0 Å². The minimum atomic E-state index is -0.497. The zero-order valence-corrected chi connectivity index (χ0v) is 9.59. The maximum absolute atomic E-state index is 11.2. The topological polar surface area (TPSA) is 60.1 Å². The molecule has 1 amide bonds. The van der Waals surface area contributed by atoms with Crippen LogP contribution in [0.5, 0.6) is 5.75 Å². The predicted molar refractivity (Wildman–Crippen MR) is 60.8 cm³/mol. The van der Waals surface area contributed by atoms with E-state index in [2.05, 4.69) is 5.32 Å². The van der Waals surface area contributed by atoms with Crippen molar-refractivity contribution >= 4 is 6.09 Å². The highest BCUT2D eigenvalue weighted by Crippen LogP contribution is 2.20. The Morgan fingerprint density at radius 1 is 1.41 bits per heavy atom. The zero-order valence-electron chi connectivity index (χ0n) is 9.59. The maximum Gasteiger partial charge on any atom is 0.409 e. The first-order valence-corrected chi connectivity index (χ1v) is 5.49. The molecule has 0 radical (unpaired) electrons. The van der Waals surface area contributed by atoms with Crippen molar-refractivity contribution in [1.82, 2.24) is 5.32 Å². The largest absolute Gasteiger partial charge is 0.473 e. The second-order valence-corrected chi connectivity index (χ2v) is 3.76. The van der Waals surface area contributed by atoms with Crippen molar-refractivity contribution in [1.29, 1.82) is 0 Å². The van der Waals surface area contributed by atoms with Gasteiger partial charge in [-0.25, -0.2) is 4.79 Å². The standard InChI is InChI=1S/C12H15NO4/c1-9-11(17-9)7-15-12(14)13-8-16-10-5-3-2-4-6-10/h2-6,9,11H,7-8H2,1H3,(H,13,14)/t9-,11-/m0/s1. The smallest absolute Gasteiger partial charge is 0.409 e. The first-order chi connectivity index (χ1) is 8.25. The Labute approximate surface area is 99.7 Å². The molecular formula is C12H15NO4. The van der Waals surface area contributed by atoms with Gasteiger partial charge in [0.05, 0.1) is 6.10 Å². The van der Waals surface area contributed by atoms with Crippen LogP contribution in [0.4, 0.5) is 4.79 Å². The van der Waals surface area contributed by atoms with Crippen molar-refractivity contribution < 1.29 is 19.0 Å². The lowest BCUT2D eigenvalue weighted by molar-refractivity contribution is 0.127. The highest BCUT2D eigenvalue weighted by atomic mass is 16.6. The van der Waals surface area contributed by atoms with Crippen LogP contribution in [-0.2, 0) is 9.47 Å². The highest BCUT2D eigenvalue weighted by Gasteiger charge is 2.35. The second kappa shape index (κ2) is 5.54. The van der Waals surface area contributed by atoms with Crippen LogP contribution < -0.4 is 10.1 Å². The van der Waals surface area contributed by atoms with Crippen LogP contribution in [0.15, 0.2) is 30.3 Å². The first-order valence-electron chi connectivity index (χ1n) is 5.49. The van der Waals surface area contributed by atoms with Gasteiger partial charge in [-0.15, -0.1) is 0 Å². The van der Waals surface area contributed by atoms with Crippen molar-refractivity contribution in [2.75, 3.05) is 13.3 Å². The number of benzene rings is 1. The van der Waals surface area contributed by atoms with E-state index in [1.165, 1.54) is 0 Å². The minimum absolute atomic E-state index is 0.0517. The lowest BCUT2D eigenvalue weighted by Crippen LogP contribution is -2.29. The van der Waals surface area contributed by atoms with Crippen LogP contribution in [0.3, 0.4) is 0 Å². The van der Waals surface area contributed by atoms with Crippen molar-refractivity contribution in [3.63, 3.8) is 0 Å². The fourth-order valence-corrected chi connectivity index (χ4v) is 1.31. The van der Waals surface area contributed by atoms with Crippen molar-refractivity contribution in [2.24, 2.45) is 0 Å². The molecule has 1 N–H and O–H groups in total. The molecule has 1 aliphatic rings. The predicted octanol–water partition coefficient (Wildman–Crippen LogP) is 1.54. The number of epoxide rings is 1. The van der Waals surface area contributed by atoms with Crippen molar-refractivity contribution in [2.45, 2.75) is 19.1 Å². The molecular weight excluding hydrogens is 222 g/mol. The molecule has 92 valence electrons. The van der Waals surface area contributed by atoms with Gasteiger partial charge in [-0.3, -0.25) is 5.32 Å². The fraction of sp³-hybridized carbons (Fsp3) is 0.417. The average molecular weight is 237 g/mol. The van der Waals surface area contributed by atoms with Crippen LogP contribution >= 0.6 is 0 Å². The Kier molecular flexibility index (Phi) is 3.82. The van der Waals surface area contributed by atoms with E-state index in [1.54, 1.807) is 0 Å². The molecule has 0 aromatic heterocycles. The number of rotatable bonds is 5. The third-order valence-electron chi connectivity index (χ3n) is 2.41. The van der Waals surface area contributed by atoms with E-state index in [0.717, 1.165) is 0 Å². The van der Waals surface area contributed by atoms with Gasteiger partial charge in [0, 0.05) is 0 Å². The summed E-state index contributed by atoms with van der Waals surface area (Å²) in [5.74, 6) is 0.701. The number of nitrogens with one attached hydrogen (secondary N) is 1. The van der Waals surface area contributed by atoms with Gasteiger partial charge in [-0.1, -0.05) is 18.2 Å². The van der Waals surface area contributed by atoms with Crippen LogP contribution in [0, 0.1) is 0 Å². The number of amides is 1. The summed E-state index contributed by atoms with van der Waals surface area (Å²) in [6.07, 6.45) is -0.247. The molecule has 2 atom stereocenters. The average Bonchev–Trinajstić information content (AvgIpc) is 3.04. The molecule has 0 aliphatic carbocycles. The Hall–Kier alpha value is -1.75. The summed E-state index contributed by atoms with van der Waals surface area (Å²) in [5.41, 5.74) is 0. The second-order valence-electron chi connectivity index (χ2n) is 3.76. The molecule has 1 aromatic carbocycles. The molecule has 0 bridgehead atoms. The number of alkyl carbamates (subject to hydrolysis) is 1. The van der Waals surface area contributed by atoms with E-state index < -0.39 is 6.09 Å². The molecule has 1 aliphatic heterocycles. The monoisotopic (exact) mass is 237 g/mol. The summed E-state index contributed by atoms with van der Waals surface area (Å²) in [6.45, 7) is 2.31. The molecule has 5 heteroatoms. The van der Waals surface area contributed by atoms with Gasteiger partial charge >= 0.3 is 6.09 Å². The molecule has 5 nitrogen and oxygen atoms in total. The van der Waals surface area contributed by atoms with E-state index >= 15 is 0 Å². The number of hydrogen-bond acceptors (Lipinski definition) is 4. The summed E-state index contributed by atoms with van der Waals surface area (Å²) >= 11 is 0. The Balaban J connectivity index is 1.57. The maximum atomic E-state index is 11.2. The van der Waals surface area contributed by atoms with E-state index in [1.807, 2.05) is 37.3 Å². The Morgan fingerprint density at radius 2 is 2.12 bits per heavy atom. The Morgan fingerprint density at radius 3 is 2.76 bits per heavy atom. The number of hydrogen-bond donors (Lipinski definition) is 1. The van der Waals surface area contributed by atoms with Crippen LogP contribution in [0.25, 0.3) is 0 Å². The van der Waals surface area contributed by atoms with Crippen LogP contribution in [0.1, 0.15) is 6.92 Å². The van der Waals surface area contributed by atoms with Gasteiger partial charge in [0.1, 0.15) is 18.5 Å². The van der Waals surface area contributed by atoms with Crippen molar-refractivity contribution in [3.8, 4) is 5.75 Å². The molecule has 1 heterocycles. The lowest BCUT2D eigenvalue weighted by atomic mass is 10.3. The van der Waals surface area contributed by atoms with E-state index in [0.29, 0.717) is 12.4 Å². The molecule has 0 spiro atoms. The summed E-state index contributed by atoms with van der Waals surface area (Å²) in [5, 5.41) is 2.49. The van der Waals surface area contributed by atoms with Gasteiger partial charge in [0.15, 0.2) is 6.73 Å². The molecule has 2 rings (SSSR count). The van der Waals surface area contributed by atoms with Gasteiger partial charge < -0.3 is 14.2 Å². The highest BCUT2D eigenvalue weighted by molar-refractivity contribution is 5.66. The number of ether oxygens (including phenoxy) is 3. The fourth-order valence-electron chi connectivity index (χ4n) is 1.31. The van der Waals surface area contributed by atoms with E-state index in [-0.39, 0.29) is 18.9 Å². The molecule has 17 heavy (non-hydrogen) atoms. The number of carbonyl (C=O) groups excluding carboxylic acids is 1. The summed E-state index contributed by atoms with van der Waals surface area (Å²) in [7, 11) is 0. The Bertz CT molecular complexity index is 368. The molecule has 0 unspecified atom stereocenters. The summed E-state index contributed by atoms with van der Waals surface area (Å²) in [6, 6.07) is 9.24. The SMILES string of the molecule is C[C@@H]1O[C@H]1COC(=O)NCOc1ccccc1. The lowest BCUT2D eigenvalue weighted by Gasteiger charge is -2.07. The summed E-state index contributed by atoms with van der Waals surface area (Å²) in [4.78, 5) is 11.2. The molecule has 1 aromatic rings. The molecule has 0 saturated carbocycles. The quantitative estimate of drug-likeness (QED) is 0.623. The van der Waals surface area contributed by atoms with Gasteiger partial charge in [-0.05, 0) is 19.1 Å². The third-order valence-corrected chi connectivity index (χ3v) is 2.41. The van der Waals surface area contributed by atoms with Gasteiger partial charge in [-0.2, -0.15) is 0 Å². The van der Waals surface area contributed by atoms with Crippen LogP contribution in [-0.4, -0.2) is 31.6 Å².